The van der Waals surface area contributed by atoms with Crippen LogP contribution < -0.4 is 0 Å². The molecule has 0 heterocycles. The molecule has 0 bridgehead atoms. The monoisotopic (exact) mass is 2730 g/mol. The molecule has 144 heavy (non-hydrogen) atoms. The van der Waals surface area contributed by atoms with Crippen molar-refractivity contribution in [1.82, 2.24) is 0 Å². The lowest BCUT2D eigenvalue weighted by Crippen LogP contribution is -1.77. The van der Waals surface area contributed by atoms with Gasteiger partial charge in [-0.2, -0.15) is 426 Å². The quantitative estimate of drug-likeness (QED) is 0.0121. The second-order valence-corrected chi connectivity index (χ2v) is 57.1. The van der Waals surface area contributed by atoms with E-state index < -0.39 is 0 Å². The van der Waals surface area contributed by atoms with Crippen molar-refractivity contribution in [3.05, 3.63) is 92.5 Å². The Morgan fingerprint density at radius 2 is 0.458 bits per heavy atom. The van der Waals surface area contributed by atoms with Gasteiger partial charge in [0.2, 0.25) is 0 Å². The predicted molar refractivity (Wildman–Crippen MR) is 845 cm³/mol. The first kappa shape index (κ1) is 214. The first-order valence-electron chi connectivity index (χ1n) is 50.8. The molecule has 0 spiro atoms. The number of rotatable bonds is 64. The zero-order valence-electron chi connectivity index (χ0n) is 98.1. The number of hydrogen-bond acceptors (Lipinski definition) is 38. The summed E-state index contributed by atoms with van der Waals surface area (Å²) in [5.74, 6) is 37.4. The van der Waals surface area contributed by atoms with Crippen LogP contribution >= 0.6 is 462 Å². The van der Waals surface area contributed by atoms with Crippen LogP contribution in [0.3, 0.4) is 0 Å². The van der Waals surface area contributed by atoms with Crippen LogP contribution in [0.25, 0.3) is 0 Å². The van der Waals surface area contributed by atoms with Gasteiger partial charge in [-0.1, -0.05) is 217 Å². The molecule has 38 heteroatoms. The molecule has 0 aliphatic carbocycles. The molecule has 0 aliphatic heterocycles. The lowest BCUT2D eigenvalue weighted by molar-refractivity contribution is 0.780. The Labute approximate surface area is 1100 Å². The van der Waals surface area contributed by atoms with Gasteiger partial charge in [0.25, 0.3) is 0 Å². The van der Waals surface area contributed by atoms with Crippen LogP contribution in [0, 0.1) is 0 Å². The Hall–Kier alpha value is 11.2. The van der Waals surface area contributed by atoms with Gasteiger partial charge in [-0.15, -0.1) is 35.3 Å². The Bertz CT molecular complexity index is 1260. The van der Waals surface area contributed by atoms with Gasteiger partial charge >= 0.3 is 0 Å². The number of unbranched alkanes of at least 4 members (excludes halogenated alkanes) is 8. The van der Waals surface area contributed by atoms with E-state index in [0.29, 0.717) is 0 Å². The molecule has 0 N–H and O–H groups in total. The van der Waals surface area contributed by atoms with Crippen LogP contribution in [0.5, 0.6) is 0 Å². The maximum atomic E-state index is 4.05. The normalized spacial score (nSPS) is 9.44. The molecule has 0 fully saturated rings. The van der Waals surface area contributed by atoms with Crippen LogP contribution in [0.2, 0.25) is 0 Å². The average molecular weight is 2740 g/mol. The molecule has 0 rings (SSSR count). The topological polar surface area (TPSA) is 0 Å². The molecule has 0 saturated heterocycles. The molecule has 0 aromatic heterocycles. The van der Waals surface area contributed by atoms with E-state index in [2.05, 4.69) is 419 Å². The number of thiol groups is 17. The fourth-order valence-corrected chi connectivity index (χ4v) is 20.3. The van der Waals surface area contributed by atoms with E-state index in [1.54, 1.807) is 56.9 Å². The largest absolute Gasteiger partial charge is 0.179 e. The molecule has 0 nitrogen and oxygen atoms in total. The molecular weight excluding hydrogens is 2490 g/mol. The highest BCUT2D eigenvalue weighted by Crippen LogP contribution is 2.10. The number of hydrogen-bond donors (Lipinski definition) is 17. The highest BCUT2D eigenvalue weighted by molar-refractivity contribution is 8.16. The zero-order valence-corrected chi connectivity index (χ0v) is 130. The maximum Gasteiger partial charge on any atom is 0.0403 e. The Morgan fingerprint density at radius 1 is 0.181 bits per heavy atom. The minimum atomic E-state index is 0.879. The summed E-state index contributed by atoms with van der Waals surface area (Å²) in [6.45, 7) is 45.2. The van der Waals surface area contributed by atoms with Crippen molar-refractivity contribution in [2.75, 3.05) is 272 Å². The van der Waals surface area contributed by atoms with E-state index >= 15 is 0 Å². The highest BCUT2D eigenvalue weighted by Gasteiger charge is 1.85. The van der Waals surface area contributed by atoms with E-state index in [-0.39, 0.29) is 0 Å². The minimum Gasteiger partial charge on any atom is -0.179 e. The molecule has 896 valence electrons. The van der Waals surface area contributed by atoms with E-state index in [1.807, 2.05) is 287 Å². The number of allylic oxidation sites excluding steroid dienone is 7. The van der Waals surface area contributed by atoms with Crippen LogP contribution in [-0.2, 0) is 0 Å². The molecule has 0 saturated carbocycles. The van der Waals surface area contributed by atoms with E-state index in [1.165, 1.54) is 241 Å². The van der Waals surface area contributed by atoms with Crippen LogP contribution in [0.1, 0.15) is 287 Å². The lowest BCUT2D eigenvalue weighted by atomic mass is 10.3. The van der Waals surface area contributed by atoms with Gasteiger partial charge in [-0.25, -0.2) is 0 Å². The molecule has 0 unspecified atom stereocenters. The molecule has 0 amide bonds. The number of thioether (sulfide) groups is 21. The zero-order chi connectivity index (χ0) is 116. The third-order valence-electron chi connectivity index (χ3n) is 12.1. The Balaban J connectivity index is -0.0000000474. The summed E-state index contributed by atoms with van der Waals surface area (Å²) in [5.41, 5.74) is 0. The van der Waals surface area contributed by atoms with Crippen molar-refractivity contribution in [3.63, 3.8) is 0 Å². The summed E-state index contributed by atoms with van der Waals surface area (Å²) >= 11 is 107. The maximum absolute atomic E-state index is 4.05. The second-order valence-electron chi connectivity index (χ2n) is 25.4. The SMILES string of the molecule is C/C=C\CCS.C/C=C\CSC.C/C=C\SCC.C/C=C\SCS.CCC/C=C\S.CCCCCS.CCCCCS.CCCCSC.CCCCSC.CCCSCC.CCCSCC.CCCSCS.CCCSCS.CCS/C=C\S.CCSCCS.CCSCCS.CCSCSC.CCSCSC.CSC/C=C\S.CSCCCS.CSCCCS.CSCCSC.S/C=C\CCS.SCCCCS. The van der Waals surface area contributed by atoms with Gasteiger partial charge in [-0.3, -0.25) is 0 Å². The van der Waals surface area contributed by atoms with Crippen molar-refractivity contribution >= 4 is 462 Å². The molecule has 0 atom stereocenters. The summed E-state index contributed by atoms with van der Waals surface area (Å²) in [4.78, 5) is 0. The summed E-state index contributed by atoms with van der Waals surface area (Å²) < 4.78 is 0. The second kappa shape index (κ2) is 315. The van der Waals surface area contributed by atoms with Crippen LogP contribution in [-0.4, -0.2) is 272 Å². The van der Waals surface area contributed by atoms with Gasteiger partial charge in [0, 0.05) is 59.9 Å². The lowest BCUT2D eigenvalue weighted by Gasteiger charge is -1.87. The van der Waals surface area contributed by atoms with Gasteiger partial charge in [0.1, 0.15) is 0 Å². The molecule has 0 radical (unpaired) electrons. The first-order chi connectivity index (χ1) is 69.9. The van der Waals surface area contributed by atoms with Crippen molar-refractivity contribution in [2.45, 2.75) is 287 Å². The molecule has 0 aromatic carbocycles. The van der Waals surface area contributed by atoms with E-state index in [9.17, 15) is 0 Å². The summed E-state index contributed by atoms with van der Waals surface area (Å²) in [6.07, 6.45) is 67.4. The Morgan fingerprint density at radius 3 is 0.576 bits per heavy atom. The van der Waals surface area contributed by atoms with Crippen molar-refractivity contribution in [1.29, 1.82) is 0 Å². The third-order valence-corrected chi connectivity index (χ3v) is 35.3. The van der Waals surface area contributed by atoms with Gasteiger partial charge in [0.05, 0.1) is 0 Å². The van der Waals surface area contributed by atoms with Crippen LogP contribution in [0.4, 0.5) is 0 Å². The van der Waals surface area contributed by atoms with Gasteiger partial charge in [0.15, 0.2) is 0 Å². The smallest absolute Gasteiger partial charge is 0.0403 e. The van der Waals surface area contributed by atoms with Gasteiger partial charge < -0.3 is 0 Å². The van der Waals surface area contributed by atoms with Crippen LogP contribution in [0.15, 0.2) is 92.5 Å². The summed E-state index contributed by atoms with van der Waals surface area (Å²) in [5, 5.41) is 18.4. The summed E-state index contributed by atoms with van der Waals surface area (Å²) in [6, 6.07) is 0. The Kier molecular flexibility index (Phi) is 469. The fourth-order valence-electron chi connectivity index (χ4n) is 5.29. The van der Waals surface area contributed by atoms with Crippen molar-refractivity contribution in [3.8, 4) is 0 Å². The van der Waals surface area contributed by atoms with E-state index in [4.69, 9.17) is 0 Å². The average Bonchev–Trinajstić information content (AvgIpc) is 3.94. The molecule has 0 aliphatic rings. The highest BCUT2D eigenvalue weighted by atomic mass is 32.2. The predicted octanol–water partition coefficient (Wildman–Crippen LogP) is 47.1. The molecule has 0 aromatic rings. The van der Waals surface area contributed by atoms with Gasteiger partial charge in [-0.05, 0) is 374 Å². The molecular formula is C106H244S38. The minimum absolute atomic E-state index is 0.879. The standard InChI is InChI=1S/2C5H12S.C5H10S.2C5H12S.C5H10S.2C5H12S.2C5H10S.3C4H10S2.C4H8S2.4C4H10S2.C4H8S2.2C4H10S2.C4H8S2.C4H10S2.C4H8S2/c3*1-3-4-5-6-2;3*1-3-5-6-4-2;4*1-2-3-4-5-6;1-5-3-4-6-2;3*1-6-4-2-3-5;2*1-3-6-4-5-2;3*1-2-6-4-3-5;3*1-2-3-6-4-5;2*5-3-1-2-4-6/h2*3-5H2,1-2H3;3-4H,5H2,1-2H3;2*3-5H2,1-2H3;3,5H,4H2,1-2H3;2*6H,2-5H2,1H3;4-6H,2-3H2,1H3;2-3,6H,4-5H2,1H3;3-4H2,1-2H3;2*5H,2-4H2,1H3;2-3,5H,4H2,1H3;2*3-4H2,1-2H3;2*5H,2-4H2,1H3;3-5H,2H2,1H3;2*5H,2-4H2,1H3;2-3,5H,4H2,1H3;5-6H,1-4H2;1,3,5-6H,2,4H2/b;;4-3-;;;5-3-;;;5-4-;3-2-;;;;3-2-;;;;;4-3-;;;3-2-;;3-1-. The first-order valence-corrected chi connectivity index (χ1v) is 87.5. The van der Waals surface area contributed by atoms with Crippen molar-refractivity contribution in [2.24, 2.45) is 0 Å². The summed E-state index contributed by atoms with van der Waals surface area (Å²) in [7, 11) is 0. The fraction of sp³-hybridized carbons (Fsp3) is 0.849. The third kappa shape index (κ3) is 513. The van der Waals surface area contributed by atoms with Crippen molar-refractivity contribution < 1.29 is 0 Å². The van der Waals surface area contributed by atoms with E-state index in [0.717, 1.165) is 109 Å².